The summed E-state index contributed by atoms with van der Waals surface area (Å²) in [4.78, 5) is 19.6. The van der Waals surface area contributed by atoms with Crippen LogP contribution in [0.15, 0.2) is 53.3 Å². The van der Waals surface area contributed by atoms with Crippen molar-refractivity contribution in [3.8, 4) is 0 Å². The van der Waals surface area contributed by atoms with E-state index in [0.717, 1.165) is 51.2 Å². The molecule has 3 aromatic heterocycles. The van der Waals surface area contributed by atoms with Gasteiger partial charge in [0.15, 0.2) is 5.65 Å². The molecule has 28 heavy (non-hydrogen) atoms. The van der Waals surface area contributed by atoms with Crippen molar-refractivity contribution in [1.82, 2.24) is 9.38 Å². The van der Waals surface area contributed by atoms with E-state index in [-0.39, 0.29) is 11.4 Å². The number of nitrogens with zero attached hydrogens (tertiary/aromatic N) is 2. The predicted molar refractivity (Wildman–Crippen MR) is 112 cm³/mol. The van der Waals surface area contributed by atoms with E-state index in [1.807, 2.05) is 36.4 Å². The van der Waals surface area contributed by atoms with Crippen molar-refractivity contribution in [1.29, 1.82) is 0 Å². The molecule has 2 aromatic carbocycles. The molecule has 3 nitrogen and oxygen atoms in total. The van der Waals surface area contributed by atoms with Crippen LogP contribution < -0.4 is 10.9 Å². The Hall–Kier alpha value is -3.05. The average Bonchev–Trinajstić information content (AvgIpc) is 3.35. The first-order valence-corrected chi connectivity index (χ1v) is 10.2. The molecule has 136 valence electrons. The Kier molecular flexibility index (Phi) is 3.26. The molecular formula is C23H15FN2OS. The van der Waals surface area contributed by atoms with E-state index >= 15 is 0 Å². The lowest BCUT2D eigenvalue weighted by atomic mass is 10.1. The van der Waals surface area contributed by atoms with Crippen LogP contribution in [0, 0.1) is 5.82 Å². The van der Waals surface area contributed by atoms with Gasteiger partial charge in [0.05, 0.1) is 10.7 Å². The van der Waals surface area contributed by atoms with E-state index in [4.69, 9.17) is 0 Å². The maximum Gasteiger partial charge on any atom is 0.282 e. The second-order valence-electron chi connectivity index (χ2n) is 7.24. The number of halogens is 1. The monoisotopic (exact) mass is 386 g/mol. The summed E-state index contributed by atoms with van der Waals surface area (Å²) in [6.07, 6.45) is 5.06. The van der Waals surface area contributed by atoms with Crippen LogP contribution in [0.4, 0.5) is 4.39 Å². The summed E-state index contributed by atoms with van der Waals surface area (Å²) in [6.45, 7) is 0. The summed E-state index contributed by atoms with van der Waals surface area (Å²) in [5, 5.41) is 3.66. The van der Waals surface area contributed by atoms with E-state index in [2.05, 4.69) is 9.38 Å². The topological polar surface area (TPSA) is 34.4 Å². The highest BCUT2D eigenvalue weighted by atomic mass is 32.1. The predicted octanol–water partition coefficient (Wildman–Crippen LogP) is 4.24. The molecule has 5 aromatic rings. The quantitative estimate of drug-likeness (QED) is 0.432. The van der Waals surface area contributed by atoms with E-state index in [0.29, 0.717) is 5.65 Å². The fourth-order valence-corrected chi connectivity index (χ4v) is 5.78. The first-order valence-electron chi connectivity index (χ1n) is 9.35. The smallest absolute Gasteiger partial charge is 0.282 e. The van der Waals surface area contributed by atoms with Gasteiger partial charge in [-0.05, 0) is 48.6 Å². The van der Waals surface area contributed by atoms with Gasteiger partial charge in [-0.25, -0.2) is 4.39 Å². The number of hydrogen-bond donors (Lipinski definition) is 0. The van der Waals surface area contributed by atoms with Crippen molar-refractivity contribution in [3.05, 3.63) is 86.1 Å². The number of aryl methyl sites for hydroxylation is 2. The van der Waals surface area contributed by atoms with Gasteiger partial charge in [0.25, 0.3) is 5.56 Å². The van der Waals surface area contributed by atoms with Crippen molar-refractivity contribution < 1.29 is 4.39 Å². The summed E-state index contributed by atoms with van der Waals surface area (Å²) < 4.78 is 15.9. The van der Waals surface area contributed by atoms with E-state index in [1.54, 1.807) is 17.4 Å². The number of fused-ring (bicyclic) bond motifs is 7. The number of thiophene rings is 1. The van der Waals surface area contributed by atoms with Gasteiger partial charge >= 0.3 is 0 Å². The van der Waals surface area contributed by atoms with Gasteiger partial charge in [-0.15, -0.1) is 11.3 Å². The minimum absolute atomic E-state index is 0.137. The summed E-state index contributed by atoms with van der Waals surface area (Å²) in [5.74, 6) is -0.265. The Labute approximate surface area is 163 Å². The molecule has 0 bridgehead atoms. The molecule has 0 fully saturated rings. The van der Waals surface area contributed by atoms with Crippen LogP contribution in [-0.4, -0.2) is 9.38 Å². The minimum atomic E-state index is -0.265. The van der Waals surface area contributed by atoms with Crippen LogP contribution in [-0.2, 0) is 12.8 Å². The number of benzene rings is 2. The van der Waals surface area contributed by atoms with E-state index < -0.39 is 0 Å². The van der Waals surface area contributed by atoms with Crippen LogP contribution in [0.5, 0.6) is 0 Å². The molecule has 0 saturated heterocycles. The molecule has 0 unspecified atom stereocenters. The molecular weight excluding hydrogens is 371 g/mol. The maximum atomic E-state index is 13.8. The molecule has 0 radical (unpaired) electrons. The third kappa shape index (κ3) is 2.14. The fourth-order valence-electron chi connectivity index (χ4n) is 4.39. The first kappa shape index (κ1) is 16.0. The van der Waals surface area contributed by atoms with Gasteiger partial charge in [0, 0.05) is 15.6 Å². The second-order valence-corrected chi connectivity index (χ2v) is 8.33. The molecule has 0 saturated carbocycles. The van der Waals surface area contributed by atoms with Crippen LogP contribution in [0.25, 0.3) is 32.7 Å². The van der Waals surface area contributed by atoms with Crippen molar-refractivity contribution in [2.24, 2.45) is 0 Å². The molecule has 1 aliphatic carbocycles. The van der Waals surface area contributed by atoms with Gasteiger partial charge in [-0.3, -0.25) is 9.20 Å². The summed E-state index contributed by atoms with van der Waals surface area (Å²) in [5.41, 5.74) is 2.50. The molecule has 1 aliphatic rings. The number of hydrogen-bond acceptors (Lipinski definition) is 3. The molecule has 0 atom stereocenters. The molecule has 0 amide bonds. The van der Waals surface area contributed by atoms with Gasteiger partial charge in [0.2, 0.25) is 0 Å². The highest BCUT2D eigenvalue weighted by Crippen LogP contribution is 2.36. The Balaban J connectivity index is 1.87. The van der Waals surface area contributed by atoms with Crippen LogP contribution >= 0.6 is 11.3 Å². The highest BCUT2D eigenvalue weighted by Gasteiger charge is 2.23. The SMILES string of the molecule is O=c1nc2c3ccccc3c(=Cc3cccc(F)c3)n2c2sc3c(c12)CCC3. The third-order valence-electron chi connectivity index (χ3n) is 5.58. The average molecular weight is 386 g/mol. The standard InChI is InChI=1S/C23H15FN2OS/c24-14-6-3-5-13(11-14)12-18-15-7-1-2-8-16(15)21-25-22(27)20-17-9-4-10-19(17)28-23(20)26(18)21/h1-3,5-8,11-12H,4,9-10H2. The number of aromatic nitrogens is 2. The molecule has 0 spiro atoms. The lowest BCUT2D eigenvalue weighted by Crippen LogP contribution is -2.16. The van der Waals surface area contributed by atoms with Crippen molar-refractivity contribution in [2.75, 3.05) is 0 Å². The Morgan fingerprint density at radius 3 is 2.79 bits per heavy atom. The molecule has 6 rings (SSSR count). The molecule has 0 N–H and O–H groups in total. The summed E-state index contributed by atoms with van der Waals surface area (Å²) in [7, 11) is 0. The highest BCUT2D eigenvalue weighted by molar-refractivity contribution is 7.19. The minimum Gasteiger partial charge on any atom is -0.284 e. The zero-order valence-corrected chi connectivity index (χ0v) is 15.7. The second kappa shape index (κ2) is 5.72. The van der Waals surface area contributed by atoms with Crippen molar-refractivity contribution in [3.63, 3.8) is 0 Å². The van der Waals surface area contributed by atoms with Crippen LogP contribution in [0.3, 0.4) is 0 Å². The lowest BCUT2D eigenvalue weighted by Gasteiger charge is -2.00. The van der Waals surface area contributed by atoms with Crippen LogP contribution in [0.2, 0.25) is 0 Å². The van der Waals surface area contributed by atoms with Gasteiger partial charge in [-0.1, -0.05) is 36.4 Å². The van der Waals surface area contributed by atoms with Gasteiger partial charge < -0.3 is 0 Å². The fraction of sp³-hybridized carbons (Fsp3) is 0.130. The normalized spacial score (nSPS) is 14.5. The Morgan fingerprint density at radius 2 is 1.93 bits per heavy atom. The third-order valence-corrected chi connectivity index (χ3v) is 6.85. The van der Waals surface area contributed by atoms with Crippen molar-refractivity contribution >= 4 is 44.0 Å². The Bertz CT molecular complexity index is 1530. The van der Waals surface area contributed by atoms with Crippen LogP contribution in [0.1, 0.15) is 22.4 Å². The molecule has 5 heteroatoms. The first-order chi connectivity index (χ1) is 13.7. The zero-order chi connectivity index (χ0) is 18.8. The summed E-state index contributed by atoms with van der Waals surface area (Å²) in [6, 6.07) is 14.5. The maximum absolute atomic E-state index is 13.8. The summed E-state index contributed by atoms with van der Waals surface area (Å²) >= 11 is 1.70. The van der Waals surface area contributed by atoms with E-state index in [9.17, 15) is 9.18 Å². The van der Waals surface area contributed by atoms with Crippen molar-refractivity contribution in [2.45, 2.75) is 19.3 Å². The zero-order valence-electron chi connectivity index (χ0n) is 14.9. The largest absolute Gasteiger partial charge is 0.284 e. The van der Waals surface area contributed by atoms with E-state index in [1.165, 1.54) is 22.6 Å². The lowest BCUT2D eigenvalue weighted by molar-refractivity contribution is 0.627. The Morgan fingerprint density at radius 1 is 1.07 bits per heavy atom. The molecule has 3 heterocycles. The van der Waals surface area contributed by atoms with Gasteiger partial charge in [0.1, 0.15) is 10.6 Å². The molecule has 0 aliphatic heterocycles. The number of rotatable bonds is 1. The van der Waals surface area contributed by atoms with Gasteiger partial charge in [-0.2, -0.15) is 4.98 Å².